The van der Waals surface area contributed by atoms with Crippen LogP contribution in [0.2, 0.25) is 0 Å². The fourth-order valence-corrected chi connectivity index (χ4v) is 3.87. The molecule has 23 heavy (non-hydrogen) atoms. The Balaban J connectivity index is 1.42. The second kappa shape index (κ2) is 7.86. The number of nitrogens with one attached hydrogen (secondary N) is 1. The lowest BCUT2D eigenvalue weighted by Gasteiger charge is -2.35. The van der Waals surface area contributed by atoms with E-state index in [0.717, 1.165) is 44.3 Å². The lowest BCUT2D eigenvalue weighted by molar-refractivity contribution is 0.0695. The van der Waals surface area contributed by atoms with Crippen molar-refractivity contribution in [2.75, 3.05) is 19.6 Å². The van der Waals surface area contributed by atoms with Crippen molar-refractivity contribution in [1.29, 1.82) is 0 Å². The monoisotopic (exact) mass is 316 g/mol. The van der Waals surface area contributed by atoms with Gasteiger partial charge in [-0.15, -0.1) is 0 Å². The summed E-state index contributed by atoms with van der Waals surface area (Å²) >= 11 is 0. The minimum absolute atomic E-state index is 0.0115. The second-order valence-electron chi connectivity index (χ2n) is 7.09. The van der Waals surface area contributed by atoms with Crippen molar-refractivity contribution in [1.82, 2.24) is 20.2 Å². The van der Waals surface area contributed by atoms with E-state index in [1.165, 1.54) is 25.7 Å². The van der Waals surface area contributed by atoms with Gasteiger partial charge in [0.05, 0.1) is 6.20 Å². The van der Waals surface area contributed by atoms with Crippen molar-refractivity contribution in [3.8, 4) is 0 Å². The van der Waals surface area contributed by atoms with E-state index in [4.69, 9.17) is 0 Å². The van der Waals surface area contributed by atoms with Crippen LogP contribution in [0, 0.1) is 11.8 Å². The highest BCUT2D eigenvalue weighted by molar-refractivity contribution is 5.92. The molecule has 2 heterocycles. The molecule has 0 bridgehead atoms. The summed E-state index contributed by atoms with van der Waals surface area (Å²) in [5.74, 6) is 1.70. The summed E-state index contributed by atoms with van der Waals surface area (Å²) in [6.07, 6.45) is 12.3. The van der Waals surface area contributed by atoms with Gasteiger partial charge in [0.25, 0.3) is 5.91 Å². The molecule has 0 spiro atoms. The lowest BCUT2D eigenvalue weighted by atomic mass is 9.80. The Hall–Kier alpha value is -1.49. The molecular formula is C18H28N4O. The van der Waals surface area contributed by atoms with Gasteiger partial charge in [0.15, 0.2) is 0 Å². The van der Waals surface area contributed by atoms with Gasteiger partial charge in [-0.25, -0.2) is 4.98 Å². The van der Waals surface area contributed by atoms with E-state index >= 15 is 0 Å². The molecule has 1 aliphatic carbocycles. The fraction of sp³-hybridized carbons (Fsp3) is 0.722. The molecular weight excluding hydrogens is 288 g/mol. The molecule has 3 rings (SSSR count). The minimum Gasteiger partial charge on any atom is -0.337 e. The van der Waals surface area contributed by atoms with Gasteiger partial charge in [-0.1, -0.05) is 26.2 Å². The lowest BCUT2D eigenvalue weighted by Crippen LogP contribution is -2.46. The van der Waals surface area contributed by atoms with E-state index in [1.54, 1.807) is 18.6 Å². The largest absolute Gasteiger partial charge is 0.337 e. The highest BCUT2D eigenvalue weighted by Crippen LogP contribution is 2.29. The molecule has 0 radical (unpaired) electrons. The molecule has 1 aromatic rings. The van der Waals surface area contributed by atoms with Crippen molar-refractivity contribution < 1.29 is 4.79 Å². The highest BCUT2D eigenvalue weighted by atomic mass is 16.2. The van der Waals surface area contributed by atoms with Gasteiger partial charge in [-0.3, -0.25) is 9.78 Å². The first-order valence-corrected chi connectivity index (χ1v) is 9.02. The van der Waals surface area contributed by atoms with Crippen LogP contribution < -0.4 is 5.32 Å². The maximum atomic E-state index is 12.4. The summed E-state index contributed by atoms with van der Waals surface area (Å²) in [4.78, 5) is 22.4. The summed E-state index contributed by atoms with van der Waals surface area (Å²) in [5, 5.41) is 3.76. The van der Waals surface area contributed by atoms with Crippen molar-refractivity contribution in [3.63, 3.8) is 0 Å². The van der Waals surface area contributed by atoms with Crippen LogP contribution in [0.15, 0.2) is 18.6 Å². The predicted octanol–water partition coefficient (Wildman–Crippen LogP) is 2.50. The maximum Gasteiger partial charge on any atom is 0.274 e. The van der Waals surface area contributed by atoms with Crippen LogP contribution in [0.4, 0.5) is 0 Å². The van der Waals surface area contributed by atoms with Crippen molar-refractivity contribution in [2.24, 2.45) is 11.8 Å². The number of rotatable bonds is 4. The van der Waals surface area contributed by atoms with Gasteiger partial charge in [-0.05, 0) is 37.6 Å². The quantitative estimate of drug-likeness (QED) is 0.927. The zero-order valence-electron chi connectivity index (χ0n) is 14.1. The first-order chi connectivity index (χ1) is 11.2. The molecule has 2 atom stereocenters. The maximum absolute atomic E-state index is 12.4. The van der Waals surface area contributed by atoms with Gasteiger partial charge in [-0.2, -0.15) is 0 Å². The summed E-state index contributed by atoms with van der Waals surface area (Å²) < 4.78 is 0. The molecule has 0 unspecified atom stereocenters. The van der Waals surface area contributed by atoms with E-state index in [1.807, 2.05) is 4.90 Å². The molecule has 1 aromatic heterocycles. The Bertz CT molecular complexity index is 499. The summed E-state index contributed by atoms with van der Waals surface area (Å²) in [6.45, 7) is 5.16. The van der Waals surface area contributed by atoms with E-state index in [0.29, 0.717) is 11.7 Å². The Labute approximate surface area is 138 Å². The number of aromatic nitrogens is 2. The number of amides is 1. The zero-order valence-corrected chi connectivity index (χ0v) is 14.1. The topological polar surface area (TPSA) is 58.1 Å². The van der Waals surface area contributed by atoms with Crippen LogP contribution >= 0.6 is 0 Å². The van der Waals surface area contributed by atoms with E-state index < -0.39 is 0 Å². The van der Waals surface area contributed by atoms with Gasteiger partial charge in [0.1, 0.15) is 5.69 Å². The first kappa shape index (κ1) is 16.4. The number of likely N-dealkylation sites (tertiary alicyclic amines) is 1. The molecule has 5 heteroatoms. The third-order valence-corrected chi connectivity index (χ3v) is 5.52. The first-order valence-electron chi connectivity index (χ1n) is 9.02. The van der Waals surface area contributed by atoms with E-state index in [2.05, 4.69) is 22.2 Å². The molecule has 1 amide bonds. The normalized spacial score (nSPS) is 26.2. The number of carbonyl (C=O) groups is 1. The number of hydrogen-bond acceptors (Lipinski definition) is 4. The van der Waals surface area contributed by atoms with Gasteiger partial charge < -0.3 is 10.2 Å². The molecule has 1 aliphatic heterocycles. The number of carbonyl (C=O) groups excluding carboxylic acids is 1. The third kappa shape index (κ3) is 4.28. The van der Waals surface area contributed by atoms with E-state index in [-0.39, 0.29) is 5.91 Å². The highest BCUT2D eigenvalue weighted by Gasteiger charge is 2.26. The molecule has 1 N–H and O–H groups in total. The minimum atomic E-state index is 0.0115. The van der Waals surface area contributed by atoms with Crippen molar-refractivity contribution in [3.05, 3.63) is 24.3 Å². The van der Waals surface area contributed by atoms with Crippen LogP contribution in [0.5, 0.6) is 0 Å². The van der Waals surface area contributed by atoms with E-state index in [9.17, 15) is 4.79 Å². The molecule has 2 aliphatic rings. The molecule has 126 valence electrons. The Morgan fingerprint density at radius 1 is 1.22 bits per heavy atom. The standard InChI is InChI=1S/C18H28N4O/c1-14-4-2-3-5-15(14)12-21-16-6-10-22(11-7-16)18(23)17-13-19-8-9-20-17/h8-9,13-16,21H,2-7,10-12H2,1H3/t14-,15-/m1/s1. The summed E-state index contributed by atoms with van der Waals surface area (Å²) in [6, 6.07) is 0.551. The molecule has 1 saturated heterocycles. The second-order valence-corrected chi connectivity index (χ2v) is 7.09. The van der Waals surface area contributed by atoms with Crippen LogP contribution in [0.25, 0.3) is 0 Å². The average Bonchev–Trinajstić information content (AvgIpc) is 2.62. The predicted molar refractivity (Wildman–Crippen MR) is 90.1 cm³/mol. The van der Waals surface area contributed by atoms with Crippen LogP contribution in [0.3, 0.4) is 0 Å². The fourth-order valence-electron chi connectivity index (χ4n) is 3.87. The average molecular weight is 316 g/mol. The smallest absolute Gasteiger partial charge is 0.274 e. The number of piperidine rings is 1. The van der Waals surface area contributed by atoms with Crippen LogP contribution in [0.1, 0.15) is 55.9 Å². The Kier molecular flexibility index (Phi) is 5.60. The third-order valence-electron chi connectivity index (χ3n) is 5.52. The Morgan fingerprint density at radius 3 is 2.70 bits per heavy atom. The molecule has 1 saturated carbocycles. The van der Waals surface area contributed by atoms with Crippen molar-refractivity contribution >= 4 is 5.91 Å². The van der Waals surface area contributed by atoms with Crippen LogP contribution in [-0.4, -0.2) is 46.5 Å². The SMILES string of the molecule is C[C@@H]1CCCC[C@@H]1CNC1CCN(C(=O)c2cnccn2)CC1. The van der Waals surface area contributed by atoms with Crippen LogP contribution in [-0.2, 0) is 0 Å². The summed E-state index contributed by atoms with van der Waals surface area (Å²) in [5.41, 5.74) is 0.454. The van der Waals surface area contributed by atoms with Gasteiger partial charge >= 0.3 is 0 Å². The van der Waals surface area contributed by atoms with Gasteiger partial charge in [0.2, 0.25) is 0 Å². The Morgan fingerprint density at radius 2 is 2.00 bits per heavy atom. The number of nitrogens with zero attached hydrogens (tertiary/aromatic N) is 3. The number of hydrogen-bond donors (Lipinski definition) is 1. The van der Waals surface area contributed by atoms with Gasteiger partial charge in [0, 0.05) is 31.5 Å². The zero-order chi connectivity index (χ0) is 16.1. The summed E-state index contributed by atoms with van der Waals surface area (Å²) in [7, 11) is 0. The molecule has 2 fully saturated rings. The molecule has 5 nitrogen and oxygen atoms in total. The molecule has 0 aromatic carbocycles. The van der Waals surface area contributed by atoms with Crippen molar-refractivity contribution in [2.45, 2.75) is 51.5 Å².